The van der Waals surface area contributed by atoms with Crippen LogP contribution in [0, 0.1) is 0 Å². The molecule has 1 atom stereocenters. The second kappa shape index (κ2) is 7.05. The summed E-state index contributed by atoms with van der Waals surface area (Å²) in [7, 11) is 0. The number of unbranched alkanes of at least 4 members (excludes halogenated alkanes) is 1. The van der Waals surface area contributed by atoms with E-state index in [1.807, 2.05) is 18.2 Å². The van der Waals surface area contributed by atoms with Crippen LogP contribution in [0.15, 0.2) is 30.3 Å². The molecule has 15 heavy (non-hydrogen) atoms. The fourth-order valence-electron chi connectivity index (χ4n) is 1.27. The maximum absolute atomic E-state index is 11.2. The zero-order valence-corrected chi connectivity index (χ0v) is 11.2. The first-order valence-corrected chi connectivity index (χ1v) is 7.37. The van der Waals surface area contributed by atoms with Crippen molar-refractivity contribution in [3.8, 4) is 0 Å². The molecule has 0 aliphatic carbocycles. The average molecular weight is 290 g/mol. The van der Waals surface area contributed by atoms with Crippen molar-refractivity contribution in [2.24, 2.45) is 0 Å². The number of carbonyl (C=O) groups excluding carboxylic acids is 1. The molecule has 0 aliphatic rings. The molecule has 1 aromatic rings. The topological polar surface area (TPSA) is 17.1 Å². The summed E-state index contributed by atoms with van der Waals surface area (Å²) in [6.45, 7) is 2.13. The average Bonchev–Trinajstić information content (AvgIpc) is 2.25. The van der Waals surface area contributed by atoms with Crippen molar-refractivity contribution in [3.63, 3.8) is 0 Å². The molecule has 1 nitrogen and oxygen atoms in total. The Kier molecular flexibility index (Phi) is 6.00. The van der Waals surface area contributed by atoms with E-state index in [0.29, 0.717) is 0 Å². The standard InChI is InChI=1S/C12H15ClOSe/c1-2-3-9-11(12(13)14)15-10-7-5-4-6-8-10/h4-8,11H,2-3,9H2,1H3. The van der Waals surface area contributed by atoms with E-state index >= 15 is 0 Å². The summed E-state index contributed by atoms with van der Waals surface area (Å²) in [6, 6.07) is 10.1. The molecule has 0 spiro atoms. The summed E-state index contributed by atoms with van der Waals surface area (Å²) in [4.78, 5) is 11.3. The van der Waals surface area contributed by atoms with Crippen molar-refractivity contribution in [2.45, 2.75) is 31.0 Å². The first kappa shape index (κ1) is 12.8. The molecule has 0 radical (unpaired) electrons. The van der Waals surface area contributed by atoms with Crippen LogP contribution in [0.25, 0.3) is 0 Å². The van der Waals surface area contributed by atoms with E-state index < -0.39 is 0 Å². The number of rotatable bonds is 6. The third kappa shape index (κ3) is 4.83. The SMILES string of the molecule is CCCCC([Se]c1ccccc1)C(=O)Cl. The molecule has 82 valence electrons. The van der Waals surface area contributed by atoms with Crippen LogP contribution < -0.4 is 4.46 Å². The Morgan fingerprint density at radius 1 is 1.40 bits per heavy atom. The Hall–Kier alpha value is -0.301. The van der Waals surface area contributed by atoms with Crippen LogP contribution in [-0.4, -0.2) is 20.2 Å². The van der Waals surface area contributed by atoms with E-state index in [-0.39, 0.29) is 25.0 Å². The molecule has 0 aromatic heterocycles. The van der Waals surface area contributed by atoms with Crippen molar-refractivity contribution in [3.05, 3.63) is 30.3 Å². The van der Waals surface area contributed by atoms with Gasteiger partial charge in [-0.25, -0.2) is 0 Å². The van der Waals surface area contributed by atoms with E-state index in [9.17, 15) is 4.79 Å². The minimum absolute atomic E-state index is 0.0431. The molecule has 0 bridgehead atoms. The summed E-state index contributed by atoms with van der Waals surface area (Å²) >= 11 is 5.78. The second-order valence-electron chi connectivity index (χ2n) is 3.37. The molecule has 0 N–H and O–H groups in total. The van der Waals surface area contributed by atoms with E-state index in [1.165, 1.54) is 4.46 Å². The molecule has 0 fully saturated rings. The number of benzene rings is 1. The molecule has 3 heteroatoms. The van der Waals surface area contributed by atoms with E-state index in [2.05, 4.69) is 19.1 Å². The fourth-order valence-corrected chi connectivity index (χ4v) is 3.75. The predicted octanol–water partition coefficient (Wildman–Crippen LogP) is 2.76. The molecule has 1 aromatic carbocycles. The molecule has 1 unspecified atom stereocenters. The van der Waals surface area contributed by atoms with E-state index in [1.54, 1.807) is 0 Å². The molecular formula is C12H15ClOSe. The Labute approximate surface area is 102 Å². The molecule has 0 aliphatic heterocycles. The van der Waals surface area contributed by atoms with Gasteiger partial charge < -0.3 is 0 Å². The quantitative estimate of drug-likeness (QED) is 0.581. The van der Waals surface area contributed by atoms with Gasteiger partial charge in [-0.05, 0) is 0 Å². The molecule has 0 saturated heterocycles. The van der Waals surface area contributed by atoms with Gasteiger partial charge in [0.05, 0.1) is 0 Å². The molecule has 0 heterocycles. The van der Waals surface area contributed by atoms with Gasteiger partial charge in [-0.3, -0.25) is 0 Å². The number of halogens is 1. The fraction of sp³-hybridized carbons (Fsp3) is 0.417. The van der Waals surface area contributed by atoms with Crippen molar-refractivity contribution in [2.75, 3.05) is 0 Å². The van der Waals surface area contributed by atoms with Crippen LogP contribution in [0.5, 0.6) is 0 Å². The Balaban J connectivity index is 2.55. The van der Waals surface area contributed by atoms with Crippen molar-refractivity contribution in [1.29, 1.82) is 0 Å². The third-order valence-corrected chi connectivity index (χ3v) is 5.33. The van der Waals surface area contributed by atoms with Gasteiger partial charge in [-0.1, -0.05) is 0 Å². The molecule has 1 rings (SSSR count). The molecule has 0 saturated carbocycles. The number of carbonyl (C=O) groups is 1. The van der Waals surface area contributed by atoms with Crippen LogP contribution in [0.2, 0.25) is 4.82 Å². The van der Waals surface area contributed by atoms with Crippen LogP contribution in [0.1, 0.15) is 26.2 Å². The first-order chi connectivity index (χ1) is 7.24. The van der Waals surface area contributed by atoms with Crippen molar-refractivity contribution in [1.82, 2.24) is 0 Å². The first-order valence-electron chi connectivity index (χ1n) is 5.15. The molecular weight excluding hydrogens is 275 g/mol. The van der Waals surface area contributed by atoms with Gasteiger partial charge >= 0.3 is 102 Å². The van der Waals surface area contributed by atoms with Crippen molar-refractivity contribution < 1.29 is 4.79 Å². The van der Waals surface area contributed by atoms with Crippen LogP contribution in [0.4, 0.5) is 0 Å². The zero-order valence-electron chi connectivity index (χ0n) is 8.78. The summed E-state index contributed by atoms with van der Waals surface area (Å²) < 4.78 is 1.25. The number of hydrogen-bond acceptors (Lipinski definition) is 1. The summed E-state index contributed by atoms with van der Waals surface area (Å²) in [5.74, 6) is 0. The third-order valence-electron chi connectivity index (χ3n) is 2.09. The monoisotopic (exact) mass is 290 g/mol. The van der Waals surface area contributed by atoms with Crippen LogP contribution >= 0.6 is 11.6 Å². The Bertz CT molecular complexity index is 300. The summed E-state index contributed by atoms with van der Waals surface area (Å²) in [5, 5.41) is -0.174. The minimum atomic E-state index is -0.174. The predicted molar refractivity (Wildman–Crippen MR) is 66.0 cm³/mol. The number of hydrogen-bond donors (Lipinski definition) is 0. The Morgan fingerprint density at radius 3 is 2.60 bits per heavy atom. The maximum atomic E-state index is 11.2. The summed E-state index contributed by atoms with van der Waals surface area (Å²) in [5.41, 5.74) is 0. The van der Waals surface area contributed by atoms with Crippen LogP contribution in [0.3, 0.4) is 0 Å². The van der Waals surface area contributed by atoms with Gasteiger partial charge in [-0.15, -0.1) is 0 Å². The van der Waals surface area contributed by atoms with Crippen molar-refractivity contribution >= 4 is 36.3 Å². The normalized spacial score (nSPS) is 12.4. The molecule has 0 amide bonds. The zero-order chi connectivity index (χ0) is 11.1. The Morgan fingerprint density at radius 2 is 2.07 bits per heavy atom. The van der Waals surface area contributed by atoms with Gasteiger partial charge in [0.25, 0.3) is 0 Å². The van der Waals surface area contributed by atoms with Gasteiger partial charge in [0, 0.05) is 0 Å². The van der Waals surface area contributed by atoms with Gasteiger partial charge in [-0.2, -0.15) is 0 Å². The van der Waals surface area contributed by atoms with Gasteiger partial charge in [0.15, 0.2) is 0 Å². The van der Waals surface area contributed by atoms with E-state index in [4.69, 9.17) is 11.6 Å². The van der Waals surface area contributed by atoms with E-state index in [0.717, 1.165) is 19.3 Å². The second-order valence-corrected chi connectivity index (χ2v) is 6.42. The van der Waals surface area contributed by atoms with Gasteiger partial charge in [0.1, 0.15) is 0 Å². The van der Waals surface area contributed by atoms with Gasteiger partial charge in [0.2, 0.25) is 0 Å². The van der Waals surface area contributed by atoms with Crippen LogP contribution in [-0.2, 0) is 4.79 Å². The summed E-state index contributed by atoms with van der Waals surface area (Å²) in [6.07, 6.45) is 3.12.